The molecule has 9 heteroatoms. The molecule has 4 aromatic rings. The highest BCUT2D eigenvalue weighted by Crippen LogP contribution is 2.32. The van der Waals surface area contributed by atoms with Crippen LogP contribution in [0.25, 0.3) is 22.6 Å². The Hall–Kier alpha value is -3.13. The third-order valence-electron chi connectivity index (χ3n) is 4.34. The predicted octanol–water partition coefficient (Wildman–Crippen LogP) is 5.94. The van der Waals surface area contributed by atoms with E-state index in [9.17, 15) is 4.79 Å². The van der Waals surface area contributed by atoms with E-state index >= 15 is 0 Å². The van der Waals surface area contributed by atoms with Gasteiger partial charge in [0.15, 0.2) is 10.7 Å². The number of carbonyl (C=O) groups excluding carboxylic acids is 1. The van der Waals surface area contributed by atoms with Gasteiger partial charge in [-0.15, -0.1) is 0 Å². The lowest BCUT2D eigenvalue weighted by Gasteiger charge is -2.10. The number of anilines is 1. The fourth-order valence-corrected chi connectivity index (χ4v) is 3.65. The van der Waals surface area contributed by atoms with Crippen LogP contribution in [0, 0.1) is 0 Å². The molecule has 1 amide bonds. The number of amides is 1. The fraction of sp³-hybridized carbons (Fsp3) is 0.0455. The van der Waals surface area contributed by atoms with Crippen molar-refractivity contribution < 1.29 is 13.9 Å². The van der Waals surface area contributed by atoms with E-state index in [1.54, 1.807) is 48.5 Å². The van der Waals surface area contributed by atoms with E-state index in [0.29, 0.717) is 49.6 Å². The Kier molecular flexibility index (Phi) is 6.08. The monoisotopic (exact) mass is 471 g/mol. The predicted molar refractivity (Wildman–Crippen MR) is 126 cm³/mol. The normalized spacial score (nSPS) is 10.7. The van der Waals surface area contributed by atoms with Gasteiger partial charge in [-0.1, -0.05) is 35.3 Å². The highest BCUT2D eigenvalue weighted by atomic mass is 35.5. The van der Waals surface area contributed by atoms with Crippen molar-refractivity contribution in [2.24, 2.45) is 0 Å². The number of aromatic nitrogens is 1. The first-order valence-electron chi connectivity index (χ1n) is 9.05. The fourth-order valence-electron chi connectivity index (χ4n) is 2.92. The molecule has 1 heterocycles. The summed E-state index contributed by atoms with van der Waals surface area (Å²) in [6.45, 7) is 0. The van der Waals surface area contributed by atoms with E-state index < -0.39 is 0 Å². The second-order valence-electron chi connectivity index (χ2n) is 6.48. The van der Waals surface area contributed by atoms with Crippen LogP contribution in [0.4, 0.5) is 5.69 Å². The lowest BCUT2D eigenvalue weighted by Crippen LogP contribution is -2.34. The van der Waals surface area contributed by atoms with Crippen LogP contribution in [0.1, 0.15) is 10.4 Å². The minimum atomic E-state index is -0.349. The molecule has 0 atom stereocenters. The van der Waals surface area contributed by atoms with Crippen molar-refractivity contribution in [2.75, 3.05) is 12.4 Å². The van der Waals surface area contributed by atoms with Gasteiger partial charge in [0.1, 0.15) is 11.3 Å². The average molecular weight is 472 g/mol. The first-order valence-corrected chi connectivity index (χ1v) is 10.2. The molecule has 0 spiro atoms. The van der Waals surface area contributed by atoms with E-state index in [-0.39, 0.29) is 11.0 Å². The summed E-state index contributed by atoms with van der Waals surface area (Å²) >= 11 is 17.5. The zero-order valence-electron chi connectivity index (χ0n) is 16.1. The SMILES string of the molecule is COc1cccc(C(=O)NC(=S)Nc2cccc(-c3nc4cc(Cl)cc(Cl)c4o3)c2)c1. The summed E-state index contributed by atoms with van der Waals surface area (Å²) in [6.07, 6.45) is 0. The number of halogens is 2. The molecule has 0 aliphatic carbocycles. The lowest BCUT2D eigenvalue weighted by molar-refractivity contribution is 0.0977. The van der Waals surface area contributed by atoms with Gasteiger partial charge in [-0.2, -0.15) is 0 Å². The molecule has 2 N–H and O–H groups in total. The Bertz CT molecular complexity index is 1310. The van der Waals surface area contributed by atoms with E-state index in [0.717, 1.165) is 0 Å². The molecule has 0 radical (unpaired) electrons. The molecule has 31 heavy (non-hydrogen) atoms. The van der Waals surface area contributed by atoms with Gasteiger partial charge >= 0.3 is 0 Å². The van der Waals surface area contributed by atoms with Crippen LogP contribution in [-0.2, 0) is 0 Å². The van der Waals surface area contributed by atoms with Crippen LogP contribution in [0.3, 0.4) is 0 Å². The number of oxazole rings is 1. The van der Waals surface area contributed by atoms with Crippen LogP contribution in [0.15, 0.2) is 65.1 Å². The standard InChI is InChI=1S/C22H15Cl2N3O3S/c1-29-16-7-3-4-12(9-16)20(28)27-22(31)25-15-6-2-5-13(8-15)21-26-18-11-14(23)10-17(24)19(18)30-21/h2-11H,1H3,(H2,25,27,28,31). The molecule has 1 aromatic heterocycles. The second-order valence-corrected chi connectivity index (χ2v) is 7.73. The van der Waals surface area contributed by atoms with Crippen LogP contribution in [-0.4, -0.2) is 23.1 Å². The Balaban J connectivity index is 1.50. The third-order valence-corrected chi connectivity index (χ3v) is 5.04. The largest absolute Gasteiger partial charge is 0.497 e. The van der Waals surface area contributed by atoms with Crippen LogP contribution < -0.4 is 15.4 Å². The first kappa shape index (κ1) is 21.1. The minimum Gasteiger partial charge on any atom is -0.497 e. The highest BCUT2D eigenvalue weighted by Gasteiger charge is 2.13. The van der Waals surface area contributed by atoms with Crippen molar-refractivity contribution >= 4 is 63.2 Å². The van der Waals surface area contributed by atoms with Gasteiger partial charge < -0.3 is 14.5 Å². The van der Waals surface area contributed by atoms with Gasteiger partial charge in [0.25, 0.3) is 5.91 Å². The number of thiocarbonyl (C=S) groups is 1. The number of rotatable bonds is 4. The zero-order chi connectivity index (χ0) is 22.0. The summed E-state index contributed by atoms with van der Waals surface area (Å²) in [5, 5.41) is 6.65. The molecular weight excluding hydrogens is 457 g/mol. The maximum Gasteiger partial charge on any atom is 0.257 e. The van der Waals surface area contributed by atoms with Crippen molar-refractivity contribution in [3.05, 3.63) is 76.3 Å². The summed E-state index contributed by atoms with van der Waals surface area (Å²) in [4.78, 5) is 16.9. The number of methoxy groups -OCH3 is 1. The number of benzene rings is 3. The van der Waals surface area contributed by atoms with Crippen LogP contribution in [0.5, 0.6) is 5.75 Å². The van der Waals surface area contributed by atoms with Crippen molar-refractivity contribution in [3.8, 4) is 17.2 Å². The molecule has 0 fully saturated rings. The van der Waals surface area contributed by atoms with Gasteiger partial charge in [0.05, 0.1) is 12.1 Å². The number of hydrogen-bond donors (Lipinski definition) is 2. The number of hydrogen-bond acceptors (Lipinski definition) is 5. The van der Waals surface area contributed by atoms with Crippen molar-refractivity contribution in [2.45, 2.75) is 0 Å². The van der Waals surface area contributed by atoms with Crippen LogP contribution >= 0.6 is 35.4 Å². The Morgan fingerprint density at radius 3 is 2.71 bits per heavy atom. The first-order chi connectivity index (χ1) is 14.9. The molecule has 0 saturated carbocycles. The maximum absolute atomic E-state index is 12.4. The zero-order valence-corrected chi connectivity index (χ0v) is 18.4. The van der Waals surface area contributed by atoms with Gasteiger partial charge in [0, 0.05) is 21.8 Å². The van der Waals surface area contributed by atoms with Crippen LogP contribution in [0.2, 0.25) is 10.0 Å². The molecule has 0 bridgehead atoms. The number of nitrogens with one attached hydrogen (secondary N) is 2. The topological polar surface area (TPSA) is 76.4 Å². The molecule has 6 nitrogen and oxygen atoms in total. The quantitative estimate of drug-likeness (QED) is 0.358. The Morgan fingerprint density at radius 2 is 1.90 bits per heavy atom. The molecule has 4 rings (SSSR count). The second kappa shape index (κ2) is 8.93. The molecular formula is C22H15Cl2N3O3S. The lowest BCUT2D eigenvalue weighted by atomic mass is 10.2. The number of nitrogens with zero attached hydrogens (tertiary/aromatic N) is 1. The molecule has 0 aliphatic rings. The molecule has 156 valence electrons. The smallest absolute Gasteiger partial charge is 0.257 e. The molecule has 0 saturated heterocycles. The number of carbonyl (C=O) groups is 1. The number of fused-ring (bicyclic) bond motifs is 1. The minimum absolute atomic E-state index is 0.150. The summed E-state index contributed by atoms with van der Waals surface area (Å²) in [6, 6.07) is 17.3. The van der Waals surface area contributed by atoms with Gasteiger partial charge in [-0.25, -0.2) is 4.98 Å². The summed E-state index contributed by atoms with van der Waals surface area (Å²) in [7, 11) is 1.54. The summed E-state index contributed by atoms with van der Waals surface area (Å²) in [5.41, 5.74) is 2.81. The maximum atomic E-state index is 12.4. The van der Waals surface area contributed by atoms with Gasteiger partial charge in [-0.05, 0) is 60.7 Å². The van der Waals surface area contributed by atoms with Crippen molar-refractivity contribution in [1.82, 2.24) is 10.3 Å². The van der Waals surface area contributed by atoms with E-state index in [1.807, 2.05) is 12.1 Å². The number of ether oxygens (including phenoxy) is 1. The average Bonchev–Trinajstić information content (AvgIpc) is 3.18. The van der Waals surface area contributed by atoms with Gasteiger partial charge in [0.2, 0.25) is 5.89 Å². The van der Waals surface area contributed by atoms with Gasteiger partial charge in [-0.3, -0.25) is 10.1 Å². The highest BCUT2D eigenvalue weighted by molar-refractivity contribution is 7.80. The van der Waals surface area contributed by atoms with Crippen molar-refractivity contribution in [3.63, 3.8) is 0 Å². The van der Waals surface area contributed by atoms with E-state index in [4.69, 9.17) is 44.6 Å². The molecule has 0 aliphatic heterocycles. The molecule has 0 unspecified atom stereocenters. The Labute approximate surface area is 193 Å². The van der Waals surface area contributed by atoms with Crippen molar-refractivity contribution in [1.29, 1.82) is 0 Å². The van der Waals surface area contributed by atoms with E-state index in [1.165, 1.54) is 7.11 Å². The summed E-state index contributed by atoms with van der Waals surface area (Å²) < 4.78 is 10.9. The van der Waals surface area contributed by atoms with E-state index in [2.05, 4.69) is 15.6 Å². The Morgan fingerprint density at radius 1 is 1.10 bits per heavy atom. The molecule has 3 aromatic carbocycles. The third kappa shape index (κ3) is 4.80. The summed E-state index contributed by atoms with van der Waals surface area (Å²) in [5.74, 6) is 0.617.